The van der Waals surface area contributed by atoms with Crippen LogP contribution in [-0.2, 0) is 13.1 Å². The van der Waals surface area contributed by atoms with Gasteiger partial charge in [-0.05, 0) is 48.5 Å². The predicted molar refractivity (Wildman–Crippen MR) is 122 cm³/mol. The van der Waals surface area contributed by atoms with Gasteiger partial charge in [0.2, 0.25) is 0 Å². The maximum atomic E-state index is 13.2. The molecule has 0 N–H and O–H groups in total. The van der Waals surface area contributed by atoms with Crippen LogP contribution in [0.1, 0.15) is 16.2 Å². The number of carbonyl (C=O) groups is 1. The number of amides is 1. The summed E-state index contributed by atoms with van der Waals surface area (Å²) in [6.07, 6.45) is 0. The molecule has 0 saturated heterocycles. The minimum atomic E-state index is -0.360. The lowest BCUT2D eigenvalue weighted by Crippen LogP contribution is -2.38. The highest BCUT2D eigenvalue weighted by molar-refractivity contribution is 7.13. The Kier molecular flexibility index (Phi) is 5.18. The zero-order chi connectivity index (χ0) is 22.2. The summed E-state index contributed by atoms with van der Waals surface area (Å²) in [5.74, 6) is 0.923. The lowest BCUT2D eigenvalue weighted by molar-refractivity contribution is 0.0708. The molecule has 1 amide bonds. The molecule has 0 atom stereocenters. The van der Waals surface area contributed by atoms with Crippen LogP contribution >= 0.6 is 11.3 Å². The first kappa shape index (κ1) is 20.3. The van der Waals surface area contributed by atoms with Gasteiger partial charge in [-0.1, -0.05) is 0 Å². The Hall–Kier alpha value is -3.59. The zero-order valence-electron chi connectivity index (χ0n) is 17.7. The fraction of sp³-hybridized carbons (Fsp3) is 0.217. The first-order valence-electron chi connectivity index (χ1n) is 10.2. The first-order valence-corrected chi connectivity index (χ1v) is 11.1. The average molecular weight is 449 g/mol. The van der Waals surface area contributed by atoms with Crippen LogP contribution in [0.4, 0.5) is 10.1 Å². The second kappa shape index (κ2) is 8.16. The molecule has 0 bridgehead atoms. The summed E-state index contributed by atoms with van der Waals surface area (Å²) >= 11 is 1.57. The molecule has 2 aromatic heterocycles. The molecule has 0 aliphatic carbocycles. The van der Waals surface area contributed by atoms with Gasteiger partial charge in [-0.2, -0.15) is 0 Å². The molecular weight excluding hydrogens is 427 g/mol. The number of aromatic nitrogens is 4. The molecule has 1 aliphatic rings. The number of carbonyl (C=O) groups excluding carboxylic acids is 1. The normalized spacial score (nSPS) is 13.2. The van der Waals surface area contributed by atoms with Gasteiger partial charge in [-0.15, -0.1) is 21.5 Å². The molecule has 3 heterocycles. The van der Waals surface area contributed by atoms with Gasteiger partial charge in [-0.3, -0.25) is 4.79 Å². The largest absolute Gasteiger partial charge is 0.378 e. The van der Waals surface area contributed by atoms with E-state index in [1.165, 1.54) is 24.3 Å². The van der Waals surface area contributed by atoms with Crippen molar-refractivity contribution in [2.75, 3.05) is 25.5 Å². The number of thiazole rings is 1. The van der Waals surface area contributed by atoms with E-state index >= 15 is 0 Å². The van der Waals surface area contributed by atoms with Crippen LogP contribution in [0.15, 0.2) is 53.9 Å². The van der Waals surface area contributed by atoms with Crippen molar-refractivity contribution in [2.45, 2.75) is 13.1 Å². The monoisotopic (exact) mass is 448 g/mol. The minimum Gasteiger partial charge on any atom is -0.378 e. The van der Waals surface area contributed by atoms with Crippen LogP contribution in [0.3, 0.4) is 0 Å². The van der Waals surface area contributed by atoms with E-state index in [2.05, 4.69) is 39.4 Å². The van der Waals surface area contributed by atoms with E-state index in [0.29, 0.717) is 36.8 Å². The van der Waals surface area contributed by atoms with Gasteiger partial charge < -0.3 is 14.4 Å². The highest BCUT2D eigenvalue weighted by atomic mass is 32.1. The van der Waals surface area contributed by atoms with E-state index in [9.17, 15) is 9.18 Å². The molecule has 1 aliphatic heterocycles. The van der Waals surface area contributed by atoms with Crippen LogP contribution < -0.4 is 4.90 Å². The SMILES string of the molecule is CN(C)c1ccc(-c2nc(-c3nnc4n3CCN(C(=O)c3ccc(F)cc3)C4)cs2)cc1. The van der Waals surface area contributed by atoms with Crippen molar-refractivity contribution in [3.05, 3.63) is 71.1 Å². The number of benzene rings is 2. The van der Waals surface area contributed by atoms with E-state index in [1.807, 2.05) is 24.0 Å². The molecule has 32 heavy (non-hydrogen) atoms. The van der Waals surface area contributed by atoms with E-state index < -0.39 is 0 Å². The van der Waals surface area contributed by atoms with Crippen LogP contribution in [0.5, 0.6) is 0 Å². The number of nitrogens with zero attached hydrogens (tertiary/aromatic N) is 6. The third-order valence-electron chi connectivity index (χ3n) is 5.50. The number of hydrogen-bond donors (Lipinski definition) is 0. The molecule has 162 valence electrons. The lowest BCUT2D eigenvalue weighted by Gasteiger charge is -2.27. The number of hydrogen-bond acceptors (Lipinski definition) is 6. The molecule has 0 radical (unpaired) electrons. The second-order valence-corrected chi connectivity index (χ2v) is 8.66. The Morgan fingerprint density at radius 3 is 2.50 bits per heavy atom. The standard InChI is InChI=1S/C23H21FN6OS/c1-28(2)18-9-5-15(6-10-18)22-25-19(14-32-22)21-27-26-20-13-29(11-12-30(20)21)23(31)16-3-7-17(24)8-4-16/h3-10,14H,11-13H2,1-2H3. The maximum Gasteiger partial charge on any atom is 0.254 e. The molecule has 2 aromatic carbocycles. The molecule has 5 rings (SSSR count). The van der Waals surface area contributed by atoms with Gasteiger partial charge in [0.15, 0.2) is 11.6 Å². The van der Waals surface area contributed by atoms with Crippen molar-refractivity contribution in [1.29, 1.82) is 0 Å². The summed E-state index contributed by atoms with van der Waals surface area (Å²) in [6.45, 7) is 1.46. The van der Waals surface area contributed by atoms with Crippen molar-refractivity contribution in [3.63, 3.8) is 0 Å². The summed E-state index contributed by atoms with van der Waals surface area (Å²) in [7, 11) is 4.03. The van der Waals surface area contributed by atoms with Gasteiger partial charge >= 0.3 is 0 Å². The van der Waals surface area contributed by atoms with Crippen molar-refractivity contribution >= 4 is 22.9 Å². The highest BCUT2D eigenvalue weighted by Crippen LogP contribution is 2.30. The van der Waals surface area contributed by atoms with Crippen LogP contribution in [0.25, 0.3) is 22.1 Å². The summed E-state index contributed by atoms with van der Waals surface area (Å²) < 4.78 is 15.2. The Labute approximate surface area is 188 Å². The minimum absolute atomic E-state index is 0.141. The van der Waals surface area contributed by atoms with Gasteiger partial charge in [0.05, 0.1) is 6.54 Å². The summed E-state index contributed by atoms with van der Waals surface area (Å²) in [5, 5.41) is 11.6. The molecule has 0 spiro atoms. The number of anilines is 1. The fourth-order valence-corrected chi connectivity index (χ4v) is 4.51. The molecule has 0 unspecified atom stereocenters. The number of halogens is 1. The van der Waals surface area contributed by atoms with Crippen molar-refractivity contribution in [2.24, 2.45) is 0 Å². The summed E-state index contributed by atoms with van der Waals surface area (Å²) in [6, 6.07) is 13.9. The van der Waals surface area contributed by atoms with E-state index in [1.54, 1.807) is 16.2 Å². The molecule has 0 saturated carbocycles. The molecule has 7 nitrogen and oxygen atoms in total. The molecule has 0 fully saturated rings. The van der Waals surface area contributed by atoms with E-state index in [4.69, 9.17) is 4.98 Å². The molecular formula is C23H21FN6OS. The summed E-state index contributed by atoms with van der Waals surface area (Å²) in [5.41, 5.74) is 3.43. The Balaban J connectivity index is 1.35. The quantitative estimate of drug-likeness (QED) is 0.473. The zero-order valence-corrected chi connectivity index (χ0v) is 18.5. The highest BCUT2D eigenvalue weighted by Gasteiger charge is 2.26. The Morgan fingerprint density at radius 2 is 1.78 bits per heavy atom. The number of rotatable bonds is 4. The first-order chi connectivity index (χ1) is 15.5. The predicted octanol–water partition coefficient (Wildman–Crippen LogP) is 3.93. The number of fused-ring (bicyclic) bond motifs is 1. The van der Waals surface area contributed by atoms with Gasteiger partial charge in [0.25, 0.3) is 5.91 Å². The lowest BCUT2D eigenvalue weighted by atomic mass is 10.2. The van der Waals surface area contributed by atoms with Crippen molar-refractivity contribution in [3.8, 4) is 22.1 Å². The fourth-order valence-electron chi connectivity index (χ4n) is 3.71. The average Bonchev–Trinajstić information content (AvgIpc) is 3.46. The van der Waals surface area contributed by atoms with Gasteiger partial charge in [-0.25, -0.2) is 9.37 Å². The molecule has 4 aromatic rings. The third kappa shape index (κ3) is 3.75. The van der Waals surface area contributed by atoms with Crippen LogP contribution in [0.2, 0.25) is 0 Å². The van der Waals surface area contributed by atoms with E-state index in [0.717, 1.165) is 22.0 Å². The van der Waals surface area contributed by atoms with Gasteiger partial charge in [0, 0.05) is 49.4 Å². The van der Waals surface area contributed by atoms with Crippen molar-refractivity contribution < 1.29 is 9.18 Å². The van der Waals surface area contributed by atoms with Crippen LogP contribution in [-0.4, -0.2) is 51.2 Å². The maximum absolute atomic E-state index is 13.2. The van der Waals surface area contributed by atoms with E-state index in [-0.39, 0.29) is 11.7 Å². The Bertz CT molecular complexity index is 1260. The second-order valence-electron chi connectivity index (χ2n) is 7.80. The van der Waals surface area contributed by atoms with Gasteiger partial charge in [0.1, 0.15) is 16.5 Å². The smallest absolute Gasteiger partial charge is 0.254 e. The van der Waals surface area contributed by atoms with Crippen LogP contribution in [0, 0.1) is 5.82 Å². The summed E-state index contributed by atoms with van der Waals surface area (Å²) in [4.78, 5) is 21.3. The third-order valence-corrected chi connectivity index (χ3v) is 6.39. The Morgan fingerprint density at radius 1 is 1.03 bits per heavy atom. The molecule has 9 heteroatoms. The van der Waals surface area contributed by atoms with Crippen molar-refractivity contribution in [1.82, 2.24) is 24.6 Å². The topological polar surface area (TPSA) is 67.2 Å².